The number of benzene rings is 1. The predicted molar refractivity (Wildman–Crippen MR) is 71.5 cm³/mol. The molecule has 1 N–H and O–H groups in total. The van der Waals surface area contributed by atoms with Gasteiger partial charge in [0.25, 0.3) is 5.69 Å². The van der Waals surface area contributed by atoms with Crippen LogP contribution >= 0.6 is 15.9 Å². The van der Waals surface area contributed by atoms with Crippen LogP contribution in [0.3, 0.4) is 0 Å². The monoisotopic (exact) mass is 314 g/mol. The Labute approximate surface area is 114 Å². The van der Waals surface area contributed by atoms with Crippen LogP contribution in [0.2, 0.25) is 0 Å². The maximum atomic E-state index is 10.7. The van der Waals surface area contributed by atoms with E-state index in [2.05, 4.69) is 21.2 Å². The van der Waals surface area contributed by atoms with Gasteiger partial charge in [-0.3, -0.25) is 10.1 Å². The molecule has 2 rings (SSSR count). The third-order valence-corrected chi connectivity index (χ3v) is 3.34. The summed E-state index contributed by atoms with van der Waals surface area (Å²) in [6.45, 7) is 2.25. The Balaban J connectivity index is 1.89. The minimum atomic E-state index is -0.381. The lowest BCUT2D eigenvalue weighted by Gasteiger charge is -2.10. The number of nitrogens with zero attached hydrogens (tertiary/aromatic N) is 1. The van der Waals surface area contributed by atoms with Crippen LogP contribution < -0.4 is 5.32 Å². The lowest BCUT2D eigenvalue weighted by molar-refractivity contribution is -0.385. The average Bonchev–Trinajstić information content (AvgIpc) is 2.81. The summed E-state index contributed by atoms with van der Waals surface area (Å²) in [4.78, 5) is 10.4. The highest BCUT2D eigenvalue weighted by Crippen LogP contribution is 2.21. The van der Waals surface area contributed by atoms with E-state index in [0.29, 0.717) is 6.54 Å². The van der Waals surface area contributed by atoms with Crippen molar-refractivity contribution in [3.8, 4) is 0 Å². The van der Waals surface area contributed by atoms with E-state index in [4.69, 9.17) is 4.74 Å². The van der Waals surface area contributed by atoms with Crippen LogP contribution in [-0.2, 0) is 11.3 Å². The van der Waals surface area contributed by atoms with Crippen molar-refractivity contribution in [2.75, 3.05) is 13.2 Å². The minimum Gasteiger partial charge on any atom is -0.377 e. The number of nitro groups is 1. The van der Waals surface area contributed by atoms with Gasteiger partial charge in [0.05, 0.1) is 11.0 Å². The Hall–Kier alpha value is -0.980. The van der Waals surface area contributed by atoms with Gasteiger partial charge in [-0.25, -0.2) is 0 Å². The largest absolute Gasteiger partial charge is 0.377 e. The zero-order valence-electron chi connectivity index (χ0n) is 9.89. The first-order chi connectivity index (χ1) is 8.65. The average molecular weight is 315 g/mol. The first-order valence-electron chi connectivity index (χ1n) is 5.91. The van der Waals surface area contributed by atoms with Crippen LogP contribution in [0, 0.1) is 10.1 Å². The number of nitro benzene ring substituents is 1. The third kappa shape index (κ3) is 3.76. The molecule has 0 amide bonds. The maximum Gasteiger partial charge on any atom is 0.270 e. The summed E-state index contributed by atoms with van der Waals surface area (Å²) >= 11 is 3.28. The number of nitrogens with one attached hydrogen (secondary N) is 1. The standard InChI is InChI=1S/C12H15BrN2O3/c13-10-4-9(5-11(6-10)15(16)17)7-14-8-12-2-1-3-18-12/h4-6,12,14H,1-3,7-8H2. The number of non-ortho nitro benzene ring substituents is 1. The Bertz CT molecular complexity index is 433. The topological polar surface area (TPSA) is 64.4 Å². The van der Waals surface area contributed by atoms with Crippen molar-refractivity contribution in [3.05, 3.63) is 38.3 Å². The van der Waals surface area contributed by atoms with Crippen molar-refractivity contribution in [1.29, 1.82) is 0 Å². The van der Waals surface area contributed by atoms with Gasteiger partial charge in [-0.2, -0.15) is 0 Å². The second kappa shape index (κ2) is 6.26. The highest BCUT2D eigenvalue weighted by Gasteiger charge is 2.15. The summed E-state index contributed by atoms with van der Waals surface area (Å²) in [5.41, 5.74) is 1.01. The van der Waals surface area contributed by atoms with E-state index < -0.39 is 0 Å². The molecule has 1 saturated heterocycles. The molecule has 0 aromatic heterocycles. The van der Waals surface area contributed by atoms with Crippen molar-refractivity contribution < 1.29 is 9.66 Å². The van der Waals surface area contributed by atoms with Gasteiger partial charge in [-0.1, -0.05) is 15.9 Å². The van der Waals surface area contributed by atoms with Crippen molar-refractivity contribution >= 4 is 21.6 Å². The summed E-state index contributed by atoms with van der Waals surface area (Å²) in [6.07, 6.45) is 2.49. The number of rotatable bonds is 5. The van der Waals surface area contributed by atoms with E-state index in [1.807, 2.05) is 6.07 Å². The molecule has 5 nitrogen and oxygen atoms in total. The van der Waals surface area contributed by atoms with Crippen LogP contribution in [0.4, 0.5) is 5.69 Å². The van der Waals surface area contributed by atoms with E-state index >= 15 is 0 Å². The lowest BCUT2D eigenvalue weighted by Crippen LogP contribution is -2.25. The molecular weight excluding hydrogens is 300 g/mol. The van der Waals surface area contributed by atoms with Gasteiger partial charge in [0.1, 0.15) is 0 Å². The molecule has 1 fully saturated rings. The van der Waals surface area contributed by atoms with E-state index in [9.17, 15) is 10.1 Å². The molecule has 1 heterocycles. The van der Waals surface area contributed by atoms with Crippen LogP contribution in [0.1, 0.15) is 18.4 Å². The Morgan fingerprint density at radius 1 is 1.50 bits per heavy atom. The van der Waals surface area contributed by atoms with Crippen molar-refractivity contribution in [2.45, 2.75) is 25.5 Å². The van der Waals surface area contributed by atoms with Gasteiger partial charge in [-0.05, 0) is 24.5 Å². The molecular formula is C12H15BrN2O3. The summed E-state index contributed by atoms with van der Waals surface area (Å²) < 4.78 is 6.22. The van der Waals surface area contributed by atoms with Gasteiger partial charge >= 0.3 is 0 Å². The minimum absolute atomic E-state index is 0.110. The van der Waals surface area contributed by atoms with E-state index in [-0.39, 0.29) is 16.7 Å². The van der Waals surface area contributed by atoms with E-state index in [1.165, 1.54) is 6.07 Å². The van der Waals surface area contributed by atoms with Crippen molar-refractivity contribution in [1.82, 2.24) is 5.32 Å². The summed E-state index contributed by atoms with van der Waals surface area (Å²) in [7, 11) is 0. The quantitative estimate of drug-likeness (QED) is 0.670. The molecule has 1 atom stereocenters. The van der Waals surface area contributed by atoms with Crippen LogP contribution in [0.25, 0.3) is 0 Å². The molecule has 0 radical (unpaired) electrons. The van der Waals surface area contributed by atoms with Crippen molar-refractivity contribution in [3.63, 3.8) is 0 Å². The summed E-state index contributed by atoms with van der Waals surface area (Å²) in [5, 5.41) is 14.0. The smallest absolute Gasteiger partial charge is 0.270 e. The Kier molecular flexibility index (Phi) is 4.68. The SMILES string of the molecule is O=[N+]([O-])c1cc(Br)cc(CNCC2CCCO2)c1. The highest BCUT2D eigenvalue weighted by atomic mass is 79.9. The molecule has 98 valence electrons. The lowest BCUT2D eigenvalue weighted by atomic mass is 10.2. The summed E-state index contributed by atoms with van der Waals surface area (Å²) in [6, 6.07) is 4.98. The molecule has 6 heteroatoms. The van der Waals surface area contributed by atoms with Crippen LogP contribution in [-0.4, -0.2) is 24.2 Å². The number of hydrogen-bond donors (Lipinski definition) is 1. The molecule has 0 bridgehead atoms. The fourth-order valence-electron chi connectivity index (χ4n) is 2.02. The Morgan fingerprint density at radius 2 is 2.33 bits per heavy atom. The molecule has 1 aromatic carbocycles. The fourth-order valence-corrected chi connectivity index (χ4v) is 2.55. The van der Waals surface area contributed by atoms with Gasteiger partial charge in [-0.15, -0.1) is 0 Å². The van der Waals surface area contributed by atoms with Gasteiger partial charge in [0, 0.05) is 36.3 Å². The van der Waals surface area contributed by atoms with E-state index in [1.54, 1.807) is 6.07 Å². The van der Waals surface area contributed by atoms with E-state index in [0.717, 1.165) is 36.0 Å². The second-order valence-corrected chi connectivity index (χ2v) is 5.26. The first kappa shape index (κ1) is 13.5. The number of hydrogen-bond acceptors (Lipinski definition) is 4. The Morgan fingerprint density at radius 3 is 3.00 bits per heavy atom. The second-order valence-electron chi connectivity index (χ2n) is 4.34. The molecule has 0 saturated carbocycles. The maximum absolute atomic E-state index is 10.7. The predicted octanol–water partition coefficient (Wildman–Crippen LogP) is 2.63. The van der Waals surface area contributed by atoms with Crippen molar-refractivity contribution in [2.24, 2.45) is 0 Å². The number of halogens is 1. The third-order valence-electron chi connectivity index (χ3n) is 2.88. The molecule has 0 spiro atoms. The molecule has 1 aliphatic heterocycles. The van der Waals surface area contributed by atoms with Crippen LogP contribution in [0.15, 0.2) is 22.7 Å². The molecule has 18 heavy (non-hydrogen) atoms. The normalized spacial score (nSPS) is 19.1. The molecule has 1 unspecified atom stereocenters. The number of ether oxygens (including phenoxy) is 1. The first-order valence-corrected chi connectivity index (χ1v) is 6.70. The molecule has 1 aromatic rings. The summed E-state index contributed by atoms with van der Waals surface area (Å²) in [5.74, 6) is 0. The van der Waals surface area contributed by atoms with Crippen LogP contribution in [0.5, 0.6) is 0 Å². The fraction of sp³-hybridized carbons (Fsp3) is 0.500. The zero-order valence-corrected chi connectivity index (χ0v) is 11.5. The van der Waals surface area contributed by atoms with Gasteiger partial charge in [0.2, 0.25) is 0 Å². The highest BCUT2D eigenvalue weighted by molar-refractivity contribution is 9.10. The van der Waals surface area contributed by atoms with Gasteiger partial charge < -0.3 is 10.1 Å². The zero-order chi connectivity index (χ0) is 13.0. The molecule has 1 aliphatic rings. The van der Waals surface area contributed by atoms with Gasteiger partial charge in [0.15, 0.2) is 0 Å². The molecule has 0 aliphatic carbocycles.